The van der Waals surface area contributed by atoms with Crippen molar-refractivity contribution in [2.75, 3.05) is 5.32 Å². The molecule has 0 bridgehead atoms. The molecule has 1 aromatic carbocycles. The van der Waals surface area contributed by atoms with E-state index < -0.39 is 29.1 Å². The van der Waals surface area contributed by atoms with Crippen molar-refractivity contribution in [1.29, 1.82) is 0 Å². The lowest BCUT2D eigenvalue weighted by molar-refractivity contribution is -0.141. The number of carbonyl (C=O) groups is 1. The average Bonchev–Trinajstić information content (AvgIpc) is 3.11. The first-order valence-corrected chi connectivity index (χ1v) is 10.5. The first kappa shape index (κ1) is 23.7. The molecule has 170 valence electrons. The summed E-state index contributed by atoms with van der Waals surface area (Å²) in [5.74, 6) is -0.813. The Balaban J connectivity index is 1.84. The number of thioether (sulfide) groups is 1. The zero-order chi connectivity index (χ0) is 23.7. The van der Waals surface area contributed by atoms with Gasteiger partial charge in [0.1, 0.15) is 17.7 Å². The van der Waals surface area contributed by atoms with Crippen molar-refractivity contribution < 1.29 is 23.1 Å². The van der Waals surface area contributed by atoms with E-state index in [-0.39, 0.29) is 10.8 Å². The molecule has 0 fully saturated rings. The molecule has 11 heteroatoms. The summed E-state index contributed by atoms with van der Waals surface area (Å²) in [7, 11) is 1.83. The van der Waals surface area contributed by atoms with Crippen LogP contribution in [0.15, 0.2) is 47.9 Å². The second-order valence-corrected chi connectivity index (χ2v) is 9.06. The SMILES string of the molecule is C[C@H](Sc1nncn1C)c1cccc(NC(=O)c2cc(C(C)(C)O)cc(C(F)(F)F)n2)c1. The van der Waals surface area contributed by atoms with E-state index in [4.69, 9.17) is 0 Å². The molecule has 2 N–H and O–H groups in total. The Morgan fingerprint density at radius 1 is 1.22 bits per heavy atom. The number of aliphatic hydroxyl groups is 1. The summed E-state index contributed by atoms with van der Waals surface area (Å²) in [6.07, 6.45) is -3.17. The lowest BCUT2D eigenvalue weighted by Crippen LogP contribution is -2.22. The van der Waals surface area contributed by atoms with Gasteiger partial charge in [-0.25, -0.2) is 4.98 Å². The molecule has 1 atom stereocenters. The van der Waals surface area contributed by atoms with Crippen molar-refractivity contribution in [3.8, 4) is 0 Å². The van der Waals surface area contributed by atoms with E-state index in [1.165, 1.54) is 25.6 Å². The molecule has 1 amide bonds. The van der Waals surface area contributed by atoms with Gasteiger partial charge in [0.05, 0.1) is 5.60 Å². The van der Waals surface area contributed by atoms with Crippen molar-refractivity contribution >= 4 is 23.4 Å². The highest BCUT2D eigenvalue weighted by atomic mass is 32.2. The van der Waals surface area contributed by atoms with E-state index in [2.05, 4.69) is 20.5 Å². The molecule has 0 radical (unpaired) electrons. The average molecular weight is 466 g/mol. The van der Waals surface area contributed by atoms with Crippen LogP contribution in [0.25, 0.3) is 0 Å². The molecule has 0 aliphatic rings. The third-order valence-corrected chi connectivity index (χ3v) is 5.83. The number of hydrogen-bond acceptors (Lipinski definition) is 6. The van der Waals surface area contributed by atoms with E-state index in [1.807, 2.05) is 20.0 Å². The fraction of sp³-hybridized carbons (Fsp3) is 0.333. The second kappa shape index (κ2) is 8.91. The van der Waals surface area contributed by atoms with Gasteiger partial charge in [-0.3, -0.25) is 4.79 Å². The number of anilines is 1. The number of alkyl halides is 3. The third kappa shape index (κ3) is 5.65. The summed E-state index contributed by atoms with van der Waals surface area (Å²) in [5, 5.41) is 21.3. The van der Waals surface area contributed by atoms with Gasteiger partial charge >= 0.3 is 6.18 Å². The number of nitrogens with zero attached hydrogens (tertiary/aromatic N) is 4. The summed E-state index contributed by atoms with van der Waals surface area (Å²) < 4.78 is 41.6. The van der Waals surface area contributed by atoms with Crippen molar-refractivity contribution in [2.24, 2.45) is 7.05 Å². The van der Waals surface area contributed by atoms with Crippen LogP contribution >= 0.6 is 11.8 Å². The summed E-state index contributed by atoms with van der Waals surface area (Å²) >= 11 is 1.47. The van der Waals surface area contributed by atoms with Gasteiger partial charge in [-0.15, -0.1) is 10.2 Å². The van der Waals surface area contributed by atoms with Crippen LogP contribution in [0.5, 0.6) is 0 Å². The van der Waals surface area contributed by atoms with Crippen LogP contribution in [0.2, 0.25) is 0 Å². The molecule has 0 spiro atoms. The number of benzene rings is 1. The molecule has 0 aliphatic carbocycles. The molecule has 32 heavy (non-hydrogen) atoms. The van der Waals surface area contributed by atoms with Crippen molar-refractivity contribution in [1.82, 2.24) is 19.7 Å². The van der Waals surface area contributed by atoms with Gasteiger partial charge in [-0.1, -0.05) is 23.9 Å². The molecular weight excluding hydrogens is 443 g/mol. The van der Waals surface area contributed by atoms with Crippen LogP contribution in [0.1, 0.15) is 53.3 Å². The van der Waals surface area contributed by atoms with Gasteiger partial charge in [-0.05, 0) is 56.2 Å². The molecule has 3 aromatic rings. The summed E-state index contributed by atoms with van der Waals surface area (Å²) in [5.41, 5.74) is -2.04. The van der Waals surface area contributed by atoms with Crippen LogP contribution in [0, 0.1) is 0 Å². The van der Waals surface area contributed by atoms with Gasteiger partial charge in [-0.2, -0.15) is 13.2 Å². The Bertz CT molecular complexity index is 1090. The van der Waals surface area contributed by atoms with E-state index in [9.17, 15) is 23.1 Å². The van der Waals surface area contributed by atoms with E-state index in [0.29, 0.717) is 5.69 Å². The summed E-state index contributed by atoms with van der Waals surface area (Å²) in [4.78, 5) is 16.2. The van der Waals surface area contributed by atoms with E-state index in [1.54, 1.807) is 29.1 Å². The van der Waals surface area contributed by atoms with E-state index in [0.717, 1.165) is 22.9 Å². The number of aryl methyl sites for hydroxylation is 1. The number of hydrogen-bond donors (Lipinski definition) is 2. The van der Waals surface area contributed by atoms with Gasteiger partial charge in [0.15, 0.2) is 5.16 Å². The molecule has 0 aliphatic heterocycles. The van der Waals surface area contributed by atoms with E-state index >= 15 is 0 Å². The molecule has 7 nitrogen and oxygen atoms in total. The van der Waals surface area contributed by atoms with Crippen LogP contribution in [-0.4, -0.2) is 30.8 Å². The number of pyridine rings is 1. The van der Waals surface area contributed by atoms with Gasteiger partial charge < -0.3 is 15.0 Å². The van der Waals surface area contributed by atoms with Crippen LogP contribution in [0.3, 0.4) is 0 Å². The molecular formula is C21H22F3N5O2S. The predicted octanol–water partition coefficient (Wildman–Crippen LogP) is 4.56. The Kier molecular flexibility index (Phi) is 6.61. The molecule has 0 unspecified atom stereocenters. The number of amides is 1. The monoisotopic (exact) mass is 465 g/mol. The highest BCUT2D eigenvalue weighted by Crippen LogP contribution is 2.34. The smallest absolute Gasteiger partial charge is 0.386 e. The minimum atomic E-state index is -4.76. The topological polar surface area (TPSA) is 92.9 Å². The molecule has 3 rings (SSSR count). The maximum atomic E-state index is 13.3. The Labute approximate surface area is 187 Å². The highest BCUT2D eigenvalue weighted by molar-refractivity contribution is 7.99. The zero-order valence-corrected chi connectivity index (χ0v) is 18.6. The largest absolute Gasteiger partial charge is 0.433 e. The molecule has 2 aromatic heterocycles. The lowest BCUT2D eigenvalue weighted by Gasteiger charge is -2.20. The Morgan fingerprint density at radius 2 is 1.94 bits per heavy atom. The van der Waals surface area contributed by atoms with Gasteiger partial charge in [0.2, 0.25) is 0 Å². The predicted molar refractivity (Wildman–Crippen MR) is 114 cm³/mol. The lowest BCUT2D eigenvalue weighted by atomic mass is 9.97. The van der Waals surface area contributed by atoms with Crippen molar-refractivity contribution in [2.45, 2.75) is 43.0 Å². The fourth-order valence-corrected chi connectivity index (χ4v) is 3.72. The minimum absolute atomic E-state index is 0.0248. The first-order valence-electron chi connectivity index (χ1n) is 9.58. The van der Waals surface area contributed by atoms with Gasteiger partial charge in [0.25, 0.3) is 5.91 Å². The number of carbonyl (C=O) groups excluding carboxylic acids is 1. The van der Waals surface area contributed by atoms with Crippen molar-refractivity contribution in [3.05, 3.63) is 65.2 Å². The van der Waals surface area contributed by atoms with Crippen LogP contribution in [0.4, 0.5) is 18.9 Å². The minimum Gasteiger partial charge on any atom is -0.386 e. The molecule has 2 heterocycles. The zero-order valence-electron chi connectivity index (χ0n) is 17.8. The Hall–Kier alpha value is -2.92. The number of halogens is 3. The second-order valence-electron chi connectivity index (χ2n) is 7.75. The summed E-state index contributed by atoms with van der Waals surface area (Å²) in [6, 6.07) is 8.87. The third-order valence-electron chi connectivity index (χ3n) is 4.62. The molecule has 0 saturated heterocycles. The maximum Gasteiger partial charge on any atom is 0.433 e. The number of aromatic nitrogens is 4. The molecule has 0 saturated carbocycles. The van der Waals surface area contributed by atoms with Crippen LogP contribution < -0.4 is 5.32 Å². The number of rotatable bonds is 6. The summed E-state index contributed by atoms with van der Waals surface area (Å²) in [6.45, 7) is 4.64. The first-order chi connectivity index (χ1) is 14.8. The maximum absolute atomic E-state index is 13.3. The van der Waals surface area contributed by atoms with Crippen molar-refractivity contribution in [3.63, 3.8) is 0 Å². The standard InChI is InChI=1S/C21H22F3N5O2S/c1-12(32-19-28-25-11-29(19)4)13-6-5-7-15(8-13)26-18(30)16-9-14(20(2,3)31)10-17(27-16)21(22,23)24/h5-12,31H,1-4H3,(H,26,30)/t12-/m0/s1. The quantitative estimate of drug-likeness (QED) is 0.519. The number of nitrogens with one attached hydrogen (secondary N) is 1. The highest BCUT2D eigenvalue weighted by Gasteiger charge is 2.35. The van der Waals surface area contributed by atoms with Gasteiger partial charge in [0, 0.05) is 18.0 Å². The fourth-order valence-electron chi connectivity index (χ4n) is 2.82. The normalized spacial score (nSPS) is 13.1. The Morgan fingerprint density at radius 3 is 2.53 bits per heavy atom. The van der Waals surface area contributed by atoms with Crippen LogP contribution in [-0.2, 0) is 18.8 Å².